The largest absolute Gasteiger partial charge is 0.416 e. The molecule has 0 bridgehead atoms. The maximum atomic E-state index is 12.8. The van der Waals surface area contributed by atoms with Gasteiger partial charge in [-0.15, -0.1) is 0 Å². The van der Waals surface area contributed by atoms with Crippen molar-refractivity contribution >= 4 is 5.91 Å². The second kappa shape index (κ2) is 7.38. The Morgan fingerprint density at radius 2 is 1.85 bits per heavy atom. The highest BCUT2D eigenvalue weighted by Crippen LogP contribution is 2.31. The van der Waals surface area contributed by atoms with Gasteiger partial charge in [-0.2, -0.15) is 18.2 Å². The average Bonchev–Trinajstić information content (AvgIpc) is 3.11. The van der Waals surface area contributed by atoms with Gasteiger partial charge in [0.2, 0.25) is 11.7 Å². The summed E-state index contributed by atoms with van der Waals surface area (Å²) in [5.41, 5.74) is -0.0395. The molecule has 134 valence electrons. The number of nitrogens with one attached hydrogen (secondary N) is 1. The van der Waals surface area contributed by atoms with Crippen LogP contribution >= 0.6 is 0 Å². The zero-order valence-electron chi connectivity index (χ0n) is 13.5. The number of alkyl halides is 3. The highest BCUT2D eigenvalue weighted by molar-refractivity contribution is 5.94. The molecule has 0 spiro atoms. The van der Waals surface area contributed by atoms with E-state index in [1.807, 2.05) is 6.07 Å². The maximum Gasteiger partial charge on any atom is 0.416 e. The van der Waals surface area contributed by atoms with Crippen LogP contribution < -0.4 is 5.32 Å². The molecule has 0 fully saturated rings. The summed E-state index contributed by atoms with van der Waals surface area (Å²) in [5.74, 6) is 0.0643. The Balaban J connectivity index is 1.61. The lowest BCUT2D eigenvalue weighted by atomic mass is 10.1. The molecule has 8 heteroatoms. The fourth-order valence-electron chi connectivity index (χ4n) is 2.28. The Labute approximate surface area is 146 Å². The number of benzene rings is 2. The van der Waals surface area contributed by atoms with Gasteiger partial charge < -0.3 is 9.84 Å². The Kier molecular flexibility index (Phi) is 5.01. The van der Waals surface area contributed by atoms with E-state index >= 15 is 0 Å². The zero-order chi connectivity index (χ0) is 18.6. The first-order valence-electron chi connectivity index (χ1n) is 7.77. The topological polar surface area (TPSA) is 68.0 Å². The molecule has 26 heavy (non-hydrogen) atoms. The van der Waals surface area contributed by atoms with E-state index in [4.69, 9.17) is 4.52 Å². The zero-order valence-corrected chi connectivity index (χ0v) is 13.5. The molecular formula is C18H14F3N3O2. The Hall–Kier alpha value is -3.16. The molecule has 0 radical (unpaired) electrons. The third-order valence-electron chi connectivity index (χ3n) is 3.58. The second-order valence-electron chi connectivity index (χ2n) is 5.46. The van der Waals surface area contributed by atoms with Crippen molar-refractivity contribution in [2.24, 2.45) is 0 Å². The number of aromatic nitrogens is 2. The van der Waals surface area contributed by atoms with Gasteiger partial charge in [-0.25, -0.2) is 0 Å². The van der Waals surface area contributed by atoms with Crippen LogP contribution in [0.5, 0.6) is 0 Å². The van der Waals surface area contributed by atoms with E-state index in [1.165, 1.54) is 12.1 Å². The van der Waals surface area contributed by atoms with Crippen LogP contribution in [0.3, 0.4) is 0 Å². The number of carbonyl (C=O) groups is 1. The third-order valence-corrected chi connectivity index (χ3v) is 3.58. The molecule has 0 aliphatic rings. The van der Waals surface area contributed by atoms with Crippen LogP contribution in [0, 0.1) is 0 Å². The van der Waals surface area contributed by atoms with Crippen LogP contribution in [-0.2, 0) is 12.6 Å². The van der Waals surface area contributed by atoms with Crippen LogP contribution in [0.2, 0.25) is 0 Å². The van der Waals surface area contributed by atoms with Crippen molar-refractivity contribution in [2.75, 3.05) is 6.54 Å². The molecule has 5 nitrogen and oxygen atoms in total. The van der Waals surface area contributed by atoms with Crippen LogP contribution in [0.15, 0.2) is 59.1 Å². The van der Waals surface area contributed by atoms with Gasteiger partial charge in [0.05, 0.1) is 5.56 Å². The van der Waals surface area contributed by atoms with Crippen molar-refractivity contribution in [1.82, 2.24) is 15.5 Å². The number of amides is 1. The molecular weight excluding hydrogens is 347 g/mol. The van der Waals surface area contributed by atoms with Crippen molar-refractivity contribution < 1.29 is 22.5 Å². The molecule has 0 aliphatic heterocycles. The quantitative estimate of drug-likeness (QED) is 0.752. The molecule has 3 aromatic rings. The van der Waals surface area contributed by atoms with Gasteiger partial charge in [-0.1, -0.05) is 35.5 Å². The minimum absolute atomic E-state index is 0.0699. The van der Waals surface area contributed by atoms with Crippen molar-refractivity contribution in [3.8, 4) is 11.4 Å². The molecule has 0 atom stereocenters. The number of hydrogen-bond donors (Lipinski definition) is 1. The third kappa shape index (κ3) is 4.27. The van der Waals surface area contributed by atoms with Gasteiger partial charge in [0.1, 0.15) is 0 Å². The normalized spacial score (nSPS) is 11.3. The van der Waals surface area contributed by atoms with E-state index in [-0.39, 0.29) is 36.2 Å². The van der Waals surface area contributed by atoms with Crippen LogP contribution in [0.25, 0.3) is 11.4 Å². The highest BCUT2D eigenvalue weighted by atomic mass is 19.4. The fraction of sp³-hybridized carbons (Fsp3) is 0.167. The van der Waals surface area contributed by atoms with Gasteiger partial charge >= 0.3 is 6.18 Å². The monoisotopic (exact) mass is 361 g/mol. The summed E-state index contributed by atoms with van der Waals surface area (Å²) < 4.78 is 43.3. The first-order valence-corrected chi connectivity index (χ1v) is 7.77. The molecule has 0 saturated carbocycles. The van der Waals surface area contributed by atoms with Crippen LogP contribution in [0.1, 0.15) is 21.8 Å². The molecule has 3 rings (SSSR count). The van der Waals surface area contributed by atoms with E-state index < -0.39 is 11.7 Å². The van der Waals surface area contributed by atoms with Gasteiger partial charge in [0, 0.05) is 24.1 Å². The van der Waals surface area contributed by atoms with Gasteiger partial charge in [0.15, 0.2) is 0 Å². The Morgan fingerprint density at radius 1 is 1.08 bits per heavy atom. The molecule has 0 aliphatic carbocycles. The lowest BCUT2D eigenvalue weighted by Gasteiger charge is -2.06. The number of nitrogens with zero attached hydrogens (tertiary/aromatic N) is 2. The molecule has 1 amide bonds. The Bertz CT molecular complexity index is 892. The first kappa shape index (κ1) is 17.7. The summed E-state index contributed by atoms with van der Waals surface area (Å²) in [6.45, 7) is 0.262. The predicted octanol–water partition coefficient (Wildman–Crippen LogP) is 3.73. The standard InChI is InChI=1S/C18H14F3N3O2/c19-18(20,21)14-8-4-7-13(11-14)16-23-15(26-24-16)9-10-22-17(25)12-5-2-1-3-6-12/h1-8,11H,9-10H2,(H,22,25). The smallest absolute Gasteiger partial charge is 0.352 e. The lowest BCUT2D eigenvalue weighted by molar-refractivity contribution is -0.137. The van der Waals surface area contributed by atoms with Gasteiger partial charge in [-0.3, -0.25) is 4.79 Å². The highest BCUT2D eigenvalue weighted by Gasteiger charge is 2.30. The summed E-state index contributed by atoms with van der Waals surface area (Å²) in [6, 6.07) is 13.4. The van der Waals surface area contributed by atoms with E-state index in [2.05, 4.69) is 15.5 Å². The number of carbonyl (C=O) groups excluding carboxylic acids is 1. The summed E-state index contributed by atoms with van der Waals surface area (Å²) in [4.78, 5) is 16.0. The van der Waals surface area contributed by atoms with Crippen molar-refractivity contribution in [3.05, 3.63) is 71.6 Å². The summed E-state index contributed by atoms with van der Waals surface area (Å²) >= 11 is 0. The van der Waals surface area contributed by atoms with E-state index in [1.54, 1.807) is 24.3 Å². The minimum atomic E-state index is -4.44. The van der Waals surface area contributed by atoms with E-state index in [0.29, 0.717) is 5.56 Å². The summed E-state index contributed by atoms with van der Waals surface area (Å²) in [7, 11) is 0. The number of halogens is 3. The van der Waals surface area contributed by atoms with Gasteiger partial charge in [-0.05, 0) is 24.3 Å². The second-order valence-corrected chi connectivity index (χ2v) is 5.46. The van der Waals surface area contributed by atoms with E-state index in [9.17, 15) is 18.0 Å². The molecule has 1 heterocycles. The molecule has 0 saturated heterocycles. The summed E-state index contributed by atoms with van der Waals surface area (Å²) in [5, 5.41) is 6.41. The SMILES string of the molecule is O=C(NCCc1nc(-c2cccc(C(F)(F)F)c2)no1)c1ccccc1. The Morgan fingerprint density at radius 3 is 2.58 bits per heavy atom. The number of rotatable bonds is 5. The van der Waals surface area contributed by atoms with Gasteiger partial charge in [0.25, 0.3) is 5.91 Å². The lowest BCUT2D eigenvalue weighted by Crippen LogP contribution is -2.25. The van der Waals surface area contributed by atoms with Crippen LogP contribution in [0.4, 0.5) is 13.2 Å². The molecule has 1 aromatic heterocycles. The summed E-state index contributed by atoms with van der Waals surface area (Å²) in [6.07, 6.45) is -4.17. The van der Waals surface area contributed by atoms with Crippen LogP contribution in [-0.4, -0.2) is 22.6 Å². The predicted molar refractivity (Wildman–Crippen MR) is 87.2 cm³/mol. The molecule has 1 N–H and O–H groups in total. The van der Waals surface area contributed by atoms with Crippen molar-refractivity contribution in [1.29, 1.82) is 0 Å². The average molecular weight is 361 g/mol. The number of hydrogen-bond acceptors (Lipinski definition) is 4. The molecule has 0 unspecified atom stereocenters. The minimum Gasteiger partial charge on any atom is -0.352 e. The van der Waals surface area contributed by atoms with E-state index in [0.717, 1.165) is 12.1 Å². The molecule has 2 aromatic carbocycles. The first-order chi connectivity index (χ1) is 12.4. The fourth-order valence-corrected chi connectivity index (χ4v) is 2.28. The maximum absolute atomic E-state index is 12.8. The van der Waals surface area contributed by atoms with Crippen molar-refractivity contribution in [2.45, 2.75) is 12.6 Å². The van der Waals surface area contributed by atoms with Crippen molar-refractivity contribution in [3.63, 3.8) is 0 Å².